The Labute approximate surface area is 107 Å². The average molecular weight is 254 g/mol. The highest BCUT2D eigenvalue weighted by Gasteiger charge is 2.33. The third-order valence-electron chi connectivity index (χ3n) is 3.84. The Balaban J connectivity index is 2.51. The number of nitrogens with two attached hydrogens (primary N) is 1. The van der Waals surface area contributed by atoms with E-state index in [2.05, 4.69) is 12.2 Å². The Morgan fingerprint density at radius 2 is 2.17 bits per heavy atom. The number of carbonyl (C=O) groups is 3. The lowest BCUT2D eigenvalue weighted by molar-refractivity contribution is -0.128. The summed E-state index contributed by atoms with van der Waals surface area (Å²) in [6, 6.07) is -0.730. The van der Waals surface area contributed by atoms with Gasteiger partial charge in [-0.05, 0) is 25.2 Å². The van der Waals surface area contributed by atoms with Gasteiger partial charge in [-0.15, -0.1) is 0 Å². The first-order valence-electron chi connectivity index (χ1n) is 6.49. The van der Waals surface area contributed by atoms with Gasteiger partial charge in [-0.25, -0.2) is 0 Å². The SMILES string of the molecule is CC1CCC(N[C@@H](C=O)CCC(N)=O)C(=O)C1C. The molecule has 102 valence electrons. The van der Waals surface area contributed by atoms with Gasteiger partial charge < -0.3 is 10.5 Å². The number of nitrogens with one attached hydrogen (secondary N) is 1. The molecule has 5 heteroatoms. The molecular weight excluding hydrogens is 232 g/mol. The first-order valence-corrected chi connectivity index (χ1v) is 6.49. The molecule has 0 spiro atoms. The summed E-state index contributed by atoms with van der Waals surface area (Å²) in [5, 5.41) is 3.04. The zero-order chi connectivity index (χ0) is 13.7. The smallest absolute Gasteiger partial charge is 0.217 e. The maximum Gasteiger partial charge on any atom is 0.217 e. The molecule has 0 heterocycles. The molecule has 0 saturated heterocycles. The molecule has 3 N–H and O–H groups in total. The second-order valence-corrected chi connectivity index (χ2v) is 5.21. The molecule has 5 nitrogen and oxygen atoms in total. The van der Waals surface area contributed by atoms with Crippen LogP contribution in [0.4, 0.5) is 0 Å². The van der Waals surface area contributed by atoms with E-state index >= 15 is 0 Å². The maximum absolute atomic E-state index is 12.1. The molecule has 3 unspecified atom stereocenters. The fourth-order valence-corrected chi connectivity index (χ4v) is 2.33. The number of hydrogen-bond donors (Lipinski definition) is 2. The van der Waals surface area contributed by atoms with E-state index in [-0.39, 0.29) is 24.2 Å². The average Bonchev–Trinajstić information content (AvgIpc) is 2.34. The van der Waals surface area contributed by atoms with E-state index in [1.807, 2.05) is 6.92 Å². The Hall–Kier alpha value is -1.23. The zero-order valence-corrected chi connectivity index (χ0v) is 11.0. The maximum atomic E-state index is 12.1. The molecular formula is C13H22N2O3. The largest absolute Gasteiger partial charge is 0.370 e. The summed E-state index contributed by atoms with van der Waals surface area (Å²) < 4.78 is 0. The molecule has 0 aromatic rings. The Morgan fingerprint density at radius 3 is 2.72 bits per heavy atom. The molecule has 1 rings (SSSR count). The van der Waals surface area contributed by atoms with Crippen LogP contribution in [-0.2, 0) is 14.4 Å². The minimum atomic E-state index is -0.466. The van der Waals surface area contributed by atoms with E-state index in [0.29, 0.717) is 12.3 Å². The van der Waals surface area contributed by atoms with E-state index in [1.165, 1.54) is 0 Å². The number of rotatable bonds is 6. The van der Waals surface area contributed by atoms with Crippen molar-refractivity contribution in [2.45, 2.75) is 51.6 Å². The molecule has 0 aliphatic heterocycles. The third kappa shape index (κ3) is 3.91. The number of carbonyl (C=O) groups excluding carboxylic acids is 3. The van der Waals surface area contributed by atoms with Crippen molar-refractivity contribution in [2.24, 2.45) is 17.6 Å². The van der Waals surface area contributed by atoms with Crippen LogP contribution in [0.2, 0.25) is 0 Å². The predicted molar refractivity (Wildman–Crippen MR) is 67.8 cm³/mol. The van der Waals surface area contributed by atoms with Gasteiger partial charge in [0.15, 0.2) is 5.78 Å². The predicted octanol–water partition coefficient (Wildman–Crippen LogP) is 0.413. The highest BCUT2D eigenvalue weighted by Crippen LogP contribution is 2.26. The Morgan fingerprint density at radius 1 is 1.50 bits per heavy atom. The molecule has 1 saturated carbocycles. The fraction of sp³-hybridized carbons (Fsp3) is 0.769. The summed E-state index contributed by atoms with van der Waals surface area (Å²) in [6.07, 6.45) is 2.99. The lowest BCUT2D eigenvalue weighted by Crippen LogP contribution is -2.49. The van der Waals surface area contributed by atoms with Crippen molar-refractivity contribution in [3.05, 3.63) is 0 Å². The van der Waals surface area contributed by atoms with E-state index in [0.717, 1.165) is 19.1 Å². The fourth-order valence-electron chi connectivity index (χ4n) is 2.33. The van der Waals surface area contributed by atoms with E-state index in [1.54, 1.807) is 0 Å². The second kappa shape index (κ2) is 6.64. The minimum Gasteiger partial charge on any atom is -0.370 e. The van der Waals surface area contributed by atoms with Crippen molar-refractivity contribution in [2.75, 3.05) is 0 Å². The van der Waals surface area contributed by atoms with E-state index in [9.17, 15) is 14.4 Å². The summed E-state index contributed by atoms with van der Waals surface area (Å²) in [4.78, 5) is 33.7. The van der Waals surface area contributed by atoms with Crippen LogP contribution in [0, 0.1) is 11.8 Å². The van der Waals surface area contributed by atoms with Crippen molar-refractivity contribution in [1.82, 2.24) is 5.32 Å². The second-order valence-electron chi connectivity index (χ2n) is 5.21. The van der Waals surface area contributed by atoms with Gasteiger partial charge in [-0.3, -0.25) is 14.9 Å². The van der Waals surface area contributed by atoms with Crippen molar-refractivity contribution >= 4 is 18.0 Å². The van der Waals surface area contributed by atoms with Gasteiger partial charge >= 0.3 is 0 Å². The lowest BCUT2D eigenvalue weighted by atomic mass is 9.78. The molecule has 18 heavy (non-hydrogen) atoms. The Bertz CT molecular complexity index is 330. The van der Waals surface area contributed by atoms with Crippen LogP contribution in [0.25, 0.3) is 0 Å². The number of Topliss-reactive ketones (excluding diaryl/α,β-unsaturated/α-hetero) is 1. The highest BCUT2D eigenvalue weighted by molar-refractivity contribution is 5.87. The minimum absolute atomic E-state index is 0.0275. The molecule has 0 aromatic heterocycles. The molecule has 1 aliphatic rings. The summed E-state index contributed by atoms with van der Waals surface area (Å²) in [5.74, 6) is 0.163. The van der Waals surface area contributed by atoms with Crippen LogP contribution < -0.4 is 11.1 Å². The summed E-state index contributed by atoms with van der Waals surface area (Å²) in [7, 11) is 0. The van der Waals surface area contributed by atoms with Crippen molar-refractivity contribution < 1.29 is 14.4 Å². The summed E-state index contributed by atoms with van der Waals surface area (Å²) >= 11 is 0. The van der Waals surface area contributed by atoms with Gasteiger partial charge in [0.1, 0.15) is 6.29 Å². The van der Waals surface area contributed by atoms with Gasteiger partial charge in [0, 0.05) is 12.3 Å². The molecule has 1 fully saturated rings. The summed E-state index contributed by atoms with van der Waals surface area (Å²) in [5.41, 5.74) is 5.05. The standard InChI is InChI=1S/C13H22N2O3/c1-8-3-5-11(13(18)9(8)2)15-10(7-16)4-6-12(14)17/h7-11,15H,3-6H2,1-2H3,(H2,14,17)/t8?,9?,10-,11?/m1/s1. The molecule has 4 atom stereocenters. The zero-order valence-electron chi connectivity index (χ0n) is 11.0. The van der Waals surface area contributed by atoms with Crippen molar-refractivity contribution in [1.29, 1.82) is 0 Å². The monoisotopic (exact) mass is 254 g/mol. The van der Waals surface area contributed by atoms with Crippen LogP contribution in [0.15, 0.2) is 0 Å². The van der Waals surface area contributed by atoms with Crippen LogP contribution in [-0.4, -0.2) is 30.1 Å². The number of amides is 1. The van der Waals surface area contributed by atoms with Gasteiger partial charge in [0.2, 0.25) is 5.91 Å². The topological polar surface area (TPSA) is 89.3 Å². The van der Waals surface area contributed by atoms with E-state index in [4.69, 9.17) is 5.73 Å². The summed E-state index contributed by atoms with van der Waals surface area (Å²) in [6.45, 7) is 4.00. The van der Waals surface area contributed by atoms with Crippen LogP contribution in [0.1, 0.15) is 39.5 Å². The molecule has 1 aliphatic carbocycles. The van der Waals surface area contributed by atoms with Gasteiger partial charge in [-0.1, -0.05) is 13.8 Å². The van der Waals surface area contributed by atoms with Crippen molar-refractivity contribution in [3.8, 4) is 0 Å². The van der Waals surface area contributed by atoms with Crippen LogP contribution in [0.3, 0.4) is 0 Å². The first kappa shape index (κ1) is 14.8. The molecule has 1 amide bonds. The molecule has 0 radical (unpaired) electrons. The number of hydrogen-bond acceptors (Lipinski definition) is 4. The first-order chi connectivity index (χ1) is 8.45. The van der Waals surface area contributed by atoms with E-state index < -0.39 is 11.9 Å². The highest BCUT2D eigenvalue weighted by atomic mass is 16.1. The number of primary amides is 1. The van der Waals surface area contributed by atoms with Crippen LogP contribution >= 0.6 is 0 Å². The van der Waals surface area contributed by atoms with Crippen LogP contribution in [0.5, 0.6) is 0 Å². The normalized spacial score (nSPS) is 29.9. The number of aldehydes is 1. The van der Waals surface area contributed by atoms with Gasteiger partial charge in [0.25, 0.3) is 0 Å². The van der Waals surface area contributed by atoms with Crippen molar-refractivity contribution in [3.63, 3.8) is 0 Å². The molecule has 0 aromatic carbocycles. The Kier molecular flexibility index (Phi) is 5.47. The molecule has 0 bridgehead atoms. The number of ketones is 1. The van der Waals surface area contributed by atoms with Gasteiger partial charge in [-0.2, -0.15) is 0 Å². The quantitative estimate of drug-likeness (QED) is 0.672. The third-order valence-corrected chi connectivity index (χ3v) is 3.84. The van der Waals surface area contributed by atoms with Gasteiger partial charge in [0.05, 0.1) is 12.1 Å². The lowest BCUT2D eigenvalue weighted by Gasteiger charge is -2.32.